The van der Waals surface area contributed by atoms with Crippen LogP contribution in [0.4, 0.5) is 13.2 Å². The second-order valence-electron chi connectivity index (χ2n) is 5.27. The molecule has 0 aromatic heterocycles. The van der Waals surface area contributed by atoms with Gasteiger partial charge in [0, 0.05) is 31.6 Å². The van der Waals surface area contributed by atoms with Crippen LogP contribution in [0.1, 0.15) is 35.7 Å². The zero-order valence-electron chi connectivity index (χ0n) is 12.1. The molecule has 120 valence electrons. The molecule has 1 saturated carbocycles. The zero-order valence-corrected chi connectivity index (χ0v) is 12.1. The predicted molar refractivity (Wildman–Crippen MR) is 74.2 cm³/mol. The van der Waals surface area contributed by atoms with Crippen LogP contribution in [0.15, 0.2) is 24.3 Å². The molecule has 0 saturated heterocycles. The van der Waals surface area contributed by atoms with E-state index >= 15 is 0 Å². The van der Waals surface area contributed by atoms with Crippen molar-refractivity contribution in [2.75, 3.05) is 13.1 Å². The minimum Gasteiger partial charge on any atom is -0.350 e. The van der Waals surface area contributed by atoms with Crippen LogP contribution in [0.25, 0.3) is 0 Å². The van der Waals surface area contributed by atoms with E-state index in [4.69, 9.17) is 0 Å². The van der Waals surface area contributed by atoms with E-state index in [1.54, 1.807) is 4.90 Å². The average molecular weight is 314 g/mol. The fourth-order valence-electron chi connectivity index (χ4n) is 2.19. The van der Waals surface area contributed by atoms with Crippen molar-refractivity contribution in [2.24, 2.45) is 0 Å². The molecule has 1 aromatic carbocycles. The molecule has 0 heterocycles. The van der Waals surface area contributed by atoms with E-state index in [1.165, 1.54) is 6.92 Å². The molecule has 1 aromatic rings. The van der Waals surface area contributed by atoms with Crippen molar-refractivity contribution in [2.45, 2.75) is 32.0 Å². The average Bonchev–Trinajstić information content (AvgIpc) is 3.26. The number of benzene rings is 1. The number of carbonyl (C=O) groups is 2. The molecule has 0 aliphatic heterocycles. The largest absolute Gasteiger partial charge is 0.416 e. The Morgan fingerprint density at radius 3 is 2.27 bits per heavy atom. The molecule has 0 radical (unpaired) electrons. The van der Waals surface area contributed by atoms with Gasteiger partial charge < -0.3 is 10.2 Å². The molecule has 1 aliphatic carbocycles. The smallest absolute Gasteiger partial charge is 0.350 e. The Morgan fingerprint density at radius 2 is 1.82 bits per heavy atom. The first-order valence-electron chi connectivity index (χ1n) is 7.01. The van der Waals surface area contributed by atoms with Crippen LogP contribution in [0, 0.1) is 0 Å². The number of halogens is 3. The summed E-state index contributed by atoms with van der Waals surface area (Å²) in [6.45, 7) is 2.16. The third-order valence-electron chi connectivity index (χ3n) is 3.50. The van der Waals surface area contributed by atoms with Gasteiger partial charge >= 0.3 is 6.18 Å². The topological polar surface area (TPSA) is 49.4 Å². The lowest BCUT2D eigenvalue weighted by Crippen LogP contribution is -2.38. The van der Waals surface area contributed by atoms with E-state index in [9.17, 15) is 22.8 Å². The van der Waals surface area contributed by atoms with Crippen LogP contribution in [0.5, 0.6) is 0 Å². The summed E-state index contributed by atoms with van der Waals surface area (Å²) in [4.78, 5) is 25.0. The normalized spacial score (nSPS) is 14.5. The second-order valence-corrected chi connectivity index (χ2v) is 5.27. The summed E-state index contributed by atoms with van der Waals surface area (Å²) in [6.07, 6.45) is -2.46. The standard InChI is InChI=1S/C15H17F3N2O2/c1-10(21)20(13-6-7-13)9-8-19-14(22)11-2-4-12(5-3-11)15(16,17)18/h2-5,13H,6-9H2,1H3,(H,19,22). The monoisotopic (exact) mass is 314 g/mol. The van der Waals surface area contributed by atoms with E-state index in [0.29, 0.717) is 6.54 Å². The Hall–Kier alpha value is -2.05. The molecular formula is C15H17F3N2O2. The maximum atomic E-state index is 12.4. The van der Waals surface area contributed by atoms with Gasteiger partial charge in [0.05, 0.1) is 5.56 Å². The van der Waals surface area contributed by atoms with Crippen LogP contribution >= 0.6 is 0 Å². The van der Waals surface area contributed by atoms with Crippen LogP contribution < -0.4 is 5.32 Å². The molecule has 2 amide bonds. The van der Waals surface area contributed by atoms with Crippen molar-refractivity contribution in [1.29, 1.82) is 0 Å². The van der Waals surface area contributed by atoms with Crippen molar-refractivity contribution in [1.82, 2.24) is 10.2 Å². The molecule has 1 fully saturated rings. The van der Waals surface area contributed by atoms with Crippen LogP contribution in [0.2, 0.25) is 0 Å². The fourth-order valence-corrected chi connectivity index (χ4v) is 2.19. The van der Waals surface area contributed by atoms with E-state index in [2.05, 4.69) is 5.32 Å². The number of carbonyl (C=O) groups excluding carboxylic acids is 2. The minimum absolute atomic E-state index is 0.0359. The molecule has 0 bridgehead atoms. The lowest BCUT2D eigenvalue weighted by Gasteiger charge is -2.20. The Kier molecular flexibility index (Phi) is 4.73. The van der Waals surface area contributed by atoms with Crippen LogP contribution in [-0.2, 0) is 11.0 Å². The van der Waals surface area contributed by atoms with E-state index in [1.807, 2.05) is 0 Å². The molecule has 4 nitrogen and oxygen atoms in total. The van der Waals surface area contributed by atoms with Gasteiger partial charge in [-0.2, -0.15) is 13.2 Å². The van der Waals surface area contributed by atoms with Crippen molar-refractivity contribution >= 4 is 11.8 Å². The second kappa shape index (κ2) is 6.37. The molecule has 0 atom stereocenters. The lowest BCUT2D eigenvalue weighted by atomic mass is 10.1. The maximum absolute atomic E-state index is 12.4. The Balaban J connectivity index is 1.85. The highest BCUT2D eigenvalue weighted by molar-refractivity contribution is 5.94. The number of nitrogens with zero attached hydrogens (tertiary/aromatic N) is 1. The quantitative estimate of drug-likeness (QED) is 0.907. The summed E-state index contributed by atoms with van der Waals surface area (Å²) in [6, 6.07) is 4.30. The Morgan fingerprint density at radius 1 is 1.23 bits per heavy atom. The fraction of sp³-hybridized carbons (Fsp3) is 0.467. The summed E-state index contributed by atoms with van der Waals surface area (Å²) in [5.74, 6) is -0.487. The molecule has 2 rings (SSSR count). The first-order valence-corrected chi connectivity index (χ1v) is 7.01. The molecular weight excluding hydrogens is 297 g/mol. The van der Waals surface area contributed by atoms with E-state index in [-0.39, 0.29) is 24.1 Å². The van der Waals surface area contributed by atoms with Gasteiger partial charge in [0.2, 0.25) is 5.91 Å². The molecule has 1 N–H and O–H groups in total. The van der Waals surface area contributed by atoms with Gasteiger partial charge in [0.1, 0.15) is 0 Å². The predicted octanol–water partition coefficient (Wildman–Crippen LogP) is 2.45. The van der Waals surface area contributed by atoms with Crippen molar-refractivity contribution in [3.05, 3.63) is 35.4 Å². The van der Waals surface area contributed by atoms with Crippen LogP contribution in [0.3, 0.4) is 0 Å². The highest BCUT2D eigenvalue weighted by Gasteiger charge is 2.31. The summed E-state index contributed by atoms with van der Waals surface area (Å²) < 4.78 is 37.3. The number of hydrogen-bond donors (Lipinski definition) is 1. The van der Waals surface area contributed by atoms with Gasteiger partial charge in [0.15, 0.2) is 0 Å². The van der Waals surface area contributed by atoms with Gasteiger partial charge in [-0.3, -0.25) is 9.59 Å². The van der Waals surface area contributed by atoms with Crippen molar-refractivity contribution < 1.29 is 22.8 Å². The third-order valence-corrected chi connectivity index (χ3v) is 3.50. The van der Waals surface area contributed by atoms with Gasteiger partial charge in [-0.05, 0) is 37.1 Å². The third kappa shape index (κ3) is 4.22. The SMILES string of the molecule is CC(=O)N(CCNC(=O)c1ccc(C(F)(F)F)cc1)C1CC1. The van der Waals surface area contributed by atoms with Crippen molar-refractivity contribution in [3.8, 4) is 0 Å². The number of alkyl halides is 3. The van der Waals surface area contributed by atoms with Gasteiger partial charge in [-0.25, -0.2) is 0 Å². The maximum Gasteiger partial charge on any atom is 0.416 e. The Labute approximate surface area is 126 Å². The zero-order chi connectivity index (χ0) is 16.3. The number of hydrogen-bond acceptors (Lipinski definition) is 2. The summed E-state index contributed by atoms with van der Waals surface area (Å²) >= 11 is 0. The minimum atomic E-state index is -4.42. The highest BCUT2D eigenvalue weighted by Crippen LogP contribution is 2.29. The summed E-state index contributed by atoms with van der Waals surface area (Å²) in [5, 5.41) is 2.61. The molecule has 22 heavy (non-hydrogen) atoms. The number of rotatable bonds is 5. The number of nitrogens with one attached hydrogen (secondary N) is 1. The van der Waals surface area contributed by atoms with Gasteiger partial charge in [0.25, 0.3) is 5.91 Å². The van der Waals surface area contributed by atoms with Gasteiger partial charge in [-0.1, -0.05) is 0 Å². The Bertz CT molecular complexity index is 551. The highest BCUT2D eigenvalue weighted by atomic mass is 19.4. The van der Waals surface area contributed by atoms with Gasteiger partial charge in [-0.15, -0.1) is 0 Å². The lowest BCUT2D eigenvalue weighted by molar-refractivity contribution is -0.137. The molecule has 1 aliphatic rings. The van der Waals surface area contributed by atoms with Crippen molar-refractivity contribution in [3.63, 3.8) is 0 Å². The summed E-state index contributed by atoms with van der Waals surface area (Å²) in [5.41, 5.74) is -0.630. The molecule has 7 heteroatoms. The summed E-state index contributed by atoms with van der Waals surface area (Å²) in [7, 11) is 0. The first kappa shape index (κ1) is 16.3. The van der Waals surface area contributed by atoms with E-state index in [0.717, 1.165) is 37.1 Å². The molecule has 0 unspecified atom stereocenters. The molecule has 0 spiro atoms. The van der Waals surface area contributed by atoms with Crippen LogP contribution in [-0.4, -0.2) is 35.8 Å². The first-order chi connectivity index (χ1) is 10.3. The van der Waals surface area contributed by atoms with E-state index < -0.39 is 17.6 Å². The number of amides is 2.